The largest absolute Gasteiger partial charge is 0.481 e. The molecule has 0 saturated heterocycles. The summed E-state index contributed by atoms with van der Waals surface area (Å²) >= 11 is 3.47. The number of amides is 1. The van der Waals surface area contributed by atoms with Crippen LogP contribution in [0.2, 0.25) is 0 Å². The molecule has 5 heteroatoms. The highest BCUT2D eigenvalue weighted by molar-refractivity contribution is 9.10. The Balaban J connectivity index is 2.68. The number of halogens is 1. The van der Waals surface area contributed by atoms with Crippen LogP contribution in [0.5, 0.6) is 0 Å². The number of aliphatic carboxylic acids is 1. The van der Waals surface area contributed by atoms with E-state index in [1.807, 2.05) is 38.1 Å². The molecular formula is C13H16BrNO3. The van der Waals surface area contributed by atoms with E-state index >= 15 is 0 Å². The van der Waals surface area contributed by atoms with Crippen molar-refractivity contribution in [1.29, 1.82) is 0 Å². The molecule has 98 valence electrons. The Hall–Kier alpha value is -1.36. The number of rotatable bonds is 5. The summed E-state index contributed by atoms with van der Waals surface area (Å²) in [5.41, 5.74) is 0.800. The molecular weight excluding hydrogens is 298 g/mol. The van der Waals surface area contributed by atoms with Crippen LogP contribution in [0.4, 0.5) is 0 Å². The summed E-state index contributed by atoms with van der Waals surface area (Å²) in [5.74, 6) is -1.59. The van der Waals surface area contributed by atoms with E-state index in [9.17, 15) is 9.59 Å². The van der Waals surface area contributed by atoms with E-state index in [1.54, 1.807) is 0 Å². The zero-order chi connectivity index (χ0) is 13.8. The normalized spacial score (nSPS) is 11.1. The van der Waals surface area contributed by atoms with Gasteiger partial charge in [0.05, 0.1) is 0 Å². The Morgan fingerprint density at radius 1 is 1.33 bits per heavy atom. The summed E-state index contributed by atoms with van der Waals surface area (Å²) in [6, 6.07) is 7.77. The summed E-state index contributed by atoms with van der Waals surface area (Å²) in [6.45, 7) is 4.38. The third-order valence-corrected chi connectivity index (χ3v) is 3.33. The second-order valence-corrected chi connectivity index (χ2v) is 5.57. The van der Waals surface area contributed by atoms with E-state index in [1.165, 1.54) is 0 Å². The highest BCUT2D eigenvalue weighted by atomic mass is 79.9. The zero-order valence-electron chi connectivity index (χ0n) is 10.4. The van der Waals surface area contributed by atoms with Gasteiger partial charge in [0.1, 0.15) is 6.42 Å². The van der Waals surface area contributed by atoms with Crippen LogP contribution in [-0.2, 0) is 15.0 Å². The molecule has 1 aromatic rings. The fraction of sp³-hybridized carbons (Fsp3) is 0.385. The Morgan fingerprint density at radius 3 is 2.50 bits per heavy atom. The maximum Gasteiger partial charge on any atom is 0.312 e. The Bertz CT molecular complexity index is 457. The molecule has 4 nitrogen and oxygen atoms in total. The van der Waals surface area contributed by atoms with Crippen LogP contribution in [-0.4, -0.2) is 23.5 Å². The summed E-state index contributed by atoms with van der Waals surface area (Å²) in [6.07, 6.45) is -0.494. The van der Waals surface area contributed by atoms with Crippen molar-refractivity contribution < 1.29 is 14.7 Å². The van der Waals surface area contributed by atoms with Crippen LogP contribution in [0.1, 0.15) is 25.8 Å². The van der Waals surface area contributed by atoms with E-state index in [0.29, 0.717) is 6.54 Å². The van der Waals surface area contributed by atoms with Crippen molar-refractivity contribution in [2.45, 2.75) is 25.7 Å². The van der Waals surface area contributed by atoms with Gasteiger partial charge in [-0.1, -0.05) is 48.0 Å². The van der Waals surface area contributed by atoms with Crippen molar-refractivity contribution in [2.24, 2.45) is 0 Å². The zero-order valence-corrected chi connectivity index (χ0v) is 12.0. The minimum atomic E-state index is -1.12. The predicted molar refractivity (Wildman–Crippen MR) is 72.4 cm³/mol. The maximum atomic E-state index is 11.3. The molecule has 1 aromatic carbocycles. The summed E-state index contributed by atoms with van der Waals surface area (Å²) < 4.78 is 0.975. The van der Waals surface area contributed by atoms with E-state index in [-0.39, 0.29) is 5.41 Å². The number of carbonyl (C=O) groups excluding carboxylic acids is 1. The first kappa shape index (κ1) is 14.7. The molecule has 1 amide bonds. The first-order chi connectivity index (χ1) is 8.33. The number of nitrogens with one attached hydrogen (secondary N) is 1. The highest BCUT2D eigenvalue weighted by Crippen LogP contribution is 2.29. The van der Waals surface area contributed by atoms with Gasteiger partial charge in [-0.25, -0.2) is 0 Å². The van der Waals surface area contributed by atoms with Crippen molar-refractivity contribution in [2.75, 3.05) is 6.54 Å². The number of benzene rings is 1. The molecule has 0 aliphatic rings. The van der Waals surface area contributed by atoms with Gasteiger partial charge in [0, 0.05) is 16.4 Å². The van der Waals surface area contributed by atoms with Crippen molar-refractivity contribution in [3.05, 3.63) is 34.3 Å². The molecule has 0 aromatic heterocycles. The predicted octanol–water partition coefficient (Wildman–Crippen LogP) is 2.32. The second kappa shape index (κ2) is 6.00. The molecule has 0 heterocycles. The summed E-state index contributed by atoms with van der Waals surface area (Å²) in [5, 5.41) is 11.1. The van der Waals surface area contributed by atoms with Crippen molar-refractivity contribution in [3.8, 4) is 0 Å². The van der Waals surface area contributed by atoms with Gasteiger partial charge in [-0.05, 0) is 11.6 Å². The first-order valence-corrected chi connectivity index (χ1v) is 6.36. The monoisotopic (exact) mass is 313 g/mol. The fourth-order valence-electron chi connectivity index (χ4n) is 1.62. The SMILES string of the molecule is CC(C)(CNC(=O)CC(=O)O)c1ccccc1Br. The molecule has 0 aliphatic heterocycles. The van der Waals surface area contributed by atoms with E-state index in [0.717, 1.165) is 10.0 Å². The summed E-state index contributed by atoms with van der Waals surface area (Å²) in [7, 11) is 0. The average molecular weight is 314 g/mol. The average Bonchev–Trinajstić information content (AvgIpc) is 2.26. The number of hydrogen-bond donors (Lipinski definition) is 2. The lowest BCUT2D eigenvalue weighted by Gasteiger charge is -2.26. The van der Waals surface area contributed by atoms with Crippen molar-refractivity contribution >= 4 is 27.8 Å². The Labute approximate surface area is 115 Å². The van der Waals surface area contributed by atoms with Gasteiger partial charge in [-0.15, -0.1) is 0 Å². The minimum absolute atomic E-state index is 0.270. The van der Waals surface area contributed by atoms with Gasteiger partial charge in [0.2, 0.25) is 5.91 Å². The van der Waals surface area contributed by atoms with Crippen LogP contribution in [0.25, 0.3) is 0 Å². The molecule has 0 saturated carbocycles. The van der Waals surface area contributed by atoms with Crippen LogP contribution in [0.15, 0.2) is 28.7 Å². The third kappa shape index (κ3) is 4.14. The molecule has 0 atom stereocenters. The van der Waals surface area contributed by atoms with Crippen LogP contribution >= 0.6 is 15.9 Å². The van der Waals surface area contributed by atoms with E-state index in [4.69, 9.17) is 5.11 Å². The third-order valence-electron chi connectivity index (χ3n) is 2.64. The Kier molecular flexibility index (Phi) is 4.90. The molecule has 0 aliphatic carbocycles. The van der Waals surface area contributed by atoms with Gasteiger partial charge in [0.25, 0.3) is 0 Å². The smallest absolute Gasteiger partial charge is 0.312 e. The molecule has 0 unspecified atom stereocenters. The molecule has 18 heavy (non-hydrogen) atoms. The van der Waals surface area contributed by atoms with Crippen molar-refractivity contribution in [3.63, 3.8) is 0 Å². The van der Waals surface area contributed by atoms with E-state index < -0.39 is 18.3 Å². The molecule has 0 fully saturated rings. The minimum Gasteiger partial charge on any atom is -0.481 e. The lowest BCUT2D eigenvalue weighted by Crippen LogP contribution is -2.37. The highest BCUT2D eigenvalue weighted by Gasteiger charge is 2.23. The molecule has 1 rings (SSSR count). The second-order valence-electron chi connectivity index (χ2n) is 4.71. The standard InChI is InChI=1S/C13H16BrNO3/c1-13(2,8-15-11(16)7-12(17)18)9-5-3-4-6-10(9)14/h3-6H,7-8H2,1-2H3,(H,15,16)(H,17,18). The molecule has 0 bridgehead atoms. The lowest BCUT2D eigenvalue weighted by atomic mass is 9.84. The van der Waals surface area contributed by atoms with Gasteiger partial charge in [-0.2, -0.15) is 0 Å². The van der Waals surface area contributed by atoms with Gasteiger partial charge in [-0.3, -0.25) is 9.59 Å². The first-order valence-electron chi connectivity index (χ1n) is 5.56. The van der Waals surface area contributed by atoms with Gasteiger partial charge in [0.15, 0.2) is 0 Å². The van der Waals surface area contributed by atoms with Gasteiger partial charge < -0.3 is 10.4 Å². The topological polar surface area (TPSA) is 66.4 Å². The quantitative estimate of drug-likeness (QED) is 0.820. The van der Waals surface area contributed by atoms with Crippen LogP contribution < -0.4 is 5.32 Å². The number of carboxylic acids is 1. The lowest BCUT2D eigenvalue weighted by molar-refractivity contribution is -0.140. The summed E-state index contributed by atoms with van der Waals surface area (Å²) in [4.78, 5) is 21.7. The number of carbonyl (C=O) groups is 2. The number of hydrogen-bond acceptors (Lipinski definition) is 2. The van der Waals surface area contributed by atoms with Crippen molar-refractivity contribution in [1.82, 2.24) is 5.32 Å². The Morgan fingerprint density at radius 2 is 1.94 bits per heavy atom. The van der Waals surface area contributed by atoms with Crippen LogP contribution in [0, 0.1) is 0 Å². The van der Waals surface area contributed by atoms with Gasteiger partial charge >= 0.3 is 5.97 Å². The fourth-order valence-corrected chi connectivity index (χ4v) is 2.45. The maximum absolute atomic E-state index is 11.3. The molecule has 2 N–H and O–H groups in total. The van der Waals surface area contributed by atoms with E-state index in [2.05, 4.69) is 21.2 Å². The molecule has 0 spiro atoms. The van der Waals surface area contributed by atoms with Crippen LogP contribution in [0.3, 0.4) is 0 Å². The molecule has 0 radical (unpaired) electrons. The number of carboxylic acid groups (broad SMARTS) is 1.